The summed E-state index contributed by atoms with van der Waals surface area (Å²) in [5.41, 5.74) is 2.64. The van der Waals surface area contributed by atoms with Crippen LogP contribution in [0.2, 0.25) is 0 Å². The number of carbonyl (C=O) groups excluding carboxylic acids is 1. The van der Waals surface area contributed by atoms with E-state index in [0.29, 0.717) is 48.7 Å². The maximum atomic E-state index is 13.9. The van der Waals surface area contributed by atoms with Gasteiger partial charge >= 0.3 is 5.97 Å². The summed E-state index contributed by atoms with van der Waals surface area (Å²) in [4.78, 5) is 32.0. The minimum atomic E-state index is -0.825. The van der Waals surface area contributed by atoms with Crippen LogP contribution in [0, 0.1) is 5.82 Å². The molecule has 0 bridgehead atoms. The third-order valence-corrected chi connectivity index (χ3v) is 9.08. The van der Waals surface area contributed by atoms with Gasteiger partial charge in [0.05, 0.1) is 40.0 Å². The predicted octanol–water partition coefficient (Wildman–Crippen LogP) is 6.44. The van der Waals surface area contributed by atoms with Crippen molar-refractivity contribution in [2.75, 3.05) is 13.7 Å². The molecule has 0 spiro atoms. The van der Waals surface area contributed by atoms with Crippen molar-refractivity contribution in [1.82, 2.24) is 4.57 Å². The summed E-state index contributed by atoms with van der Waals surface area (Å²) in [5.74, 6) is 0.0343. The van der Waals surface area contributed by atoms with Gasteiger partial charge in [0, 0.05) is 0 Å². The Morgan fingerprint density at radius 2 is 1.84 bits per heavy atom. The van der Waals surface area contributed by atoms with Crippen molar-refractivity contribution in [3.63, 3.8) is 0 Å². The van der Waals surface area contributed by atoms with Crippen molar-refractivity contribution in [2.45, 2.75) is 26.5 Å². The molecule has 1 aliphatic heterocycles. The number of fused-ring (bicyclic) bond motifs is 2. The molecule has 0 saturated heterocycles. The lowest BCUT2D eigenvalue weighted by Crippen LogP contribution is -2.39. The zero-order chi connectivity index (χ0) is 31.7. The number of benzene rings is 4. The second-order valence-electron chi connectivity index (χ2n) is 10.3. The highest BCUT2D eigenvalue weighted by molar-refractivity contribution is 9.10. The summed E-state index contributed by atoms with van der Waals surface area (Å²) in [5, 5.41) is 2.25. The molecule has 7 nitrogen and oxygen atoms in total. The average Bonchev–Trinajstić information content (AvgIpc) is 3.33. The first-order valence-electron chi connectivity index (χ1n) is 14.2. The van der Waals surface area contributed by atoms with Gasteiger partial charge < -0.3 is 14.2 Å². The fraction of sp³-hybridized carbons (Fsp3) is 0.171. The van der Waals surface area contributed by atoms with Crippen LogP contribution in [-0.2, 0) is 16.1 Å². The van der Waals surface area contributed by atoms with Crippen molar-refractivity contribution < 1.29 is 23.4 Å². The minimum absolute atomic E-state index is 0.161. The van der Waals surface area contributed by atoms with Crippen LogP contribution in [-0.4, -0.2) is 24.3 Å². The first-order chi connectivity index (χ1) is 21.8. The van der Waals surface area contributed by atoms with Gasteiger partial charge in [0.2, 0.25) is 0 Å². The van der Waals surface area contributed by atoms with Gasteiger partial charge in [-0.3, -0.25) is 9.36 Å². The molecule has 6 rings (SSSR count). The van der Waals surface area contributed by atoms with E-state index in [1.807, 2.05) is 30.3 Å². The molecule has 5 aromatic rings. The lowest BCUT2D eigenvalue weighted by Gasteiger charge is -2.24. The van der Waals surface area contributed by atoms with Crippen LogP contribution in [0.5, 0.6) is 11.5 Å². The summed E-state index contributed by atoms with van der Waals surface area (Å²) in [6, 6.07) is 22.8. The summed E-state index contributed by atoms with van der Waals surface area (Å²) < 4.78 is 33.6. The zero-order valence-corrected chi connectivity index (χ0v) is 27.1. The number of aromatic nitrogens is 1. The van der Waals surface area contributed by atoms with Gasteiger partial charge in [-0.2, -0.15) is 0 Å². The number of rotatable bonds is 8. The molecular weight excluding hydrogens is 659 g/mol. The molecule has 0 saturated carbocycles. The number of halogens is 2. The van der Waals surface area contributed by atoms with Crippen LogP contribution in [0.4, 0.5) is 4.39 Å². The standard InChI is InChI=1S/C35H28BrFN2O5S/c1-4-43-34(41)30-20(2)38-35-39(31(30)23-12-14-25(37)15-13-23)33(40)29(45-35)18-21-16-27(36)32(28(17-21)42-3)44-19-24-10-7-9-22-8-5-6-11-26(22)24/h5-18,31H,4,19H2,1-3H3/b29-18-/t31-/m0/s1. The van der Waals surface area contributed by atoms with Crippen molar-refractivity contribution in [3.05, 3.63) is 137 Å². The van der Waals surface area contributed by atoms with E-state index in [2.05, 4.69) is 39.1 Å². The van der Waals surface area contributed by atoms with Crippen LogP contribution >= 0.6 is 27.3 Å². The van der Waals surface area contributed by atoms with Gasteiger partial charge in [-0.1, -0.05) is 65.9 Å². The average molecular weight is 688 g/mol. The van der Waals surface area contributed by atoms with E-state index in [4.69, 9.17) is 14.2 Å². The number of ether oxygens (including phenoxy) is 3. The molecule has 1 atom stereocenters. The molecule has 10 heteroatoms. The Morgan fingerprint density at radius 1 is 1.09 bits per heavy atom. The fourth-order valence-corrected chi connectivity index (χ4v) is 7.06. The first kappa shape index (κ1) is 30.5. The van der Waals surface area contributed by atoms with E-state index in [1.165, 1.54) is 28.0 Å². The van der Waals surface area contributed by atoms with Crippen molar-refractivity contribution in [1.29, 1.82) is 0 Å². The van der Waals surface area contributed by atoms with Gasteiger partial charge in [-0.05, 0) is 87.6 Å². The molecule has 0 amide bonds. The molecule has 1 aromatic heterocycles. The Morgan fingerprint density at radius 3 is 2.60 bits per heavy atom. The van der Waals surface area contributed by atoms with E-state index in [-0.39, 0.29) is 17.7 Å². The van der Waals surface area contributed by atoms with Crippen LogP contribution in [0.25, 0.3) is 16.8 Å². The van der Waals surface area contributed by atoms with Crippen LogP contribution in [0.3, 0.4) is 0 Å². The molecule has 4 aromatic carbocycles. The number of nitrogens with zero attached hydrogens (tertiary/aromatic N) is 2. The maximum absolute atomic E-state index is 13.9. The fourth-order valence-electron chi connectivity index (χ4n) is 5.43. The summed E-state index contributed by atoms with van der Waals surface area (Å²) in [6.45, 7) is 3.91. The van der Waals surface area contributed by atoms with Crippen molar-refractivity contribution >= 4 is 50.1 Å². The molecule has 0 aliphatic carbocycles. The van der Waals surface area contributed by atoms with E-state index in [1.54, 1.807) is 45.2 Å². The number of allylic oxidation sites excluding steroid dienone is 1. The smallest absolute Gasteiger partial charge is 0.338 e. The number of thiazole rings is 1. The highest BCUT2D eigenvalue weighted by atomic mass is 79.9. The molecule has 0 radical (unpaired) electrons. The summed E-state index contributed by atoms with van der Waals surface area (Å²) >= 11 is 4.83. The Kier molecular flexibility index (Phi) is 8.69. The summed E-state index contributed by atoms with van der Waals surface area (Å²) in [6.07, 6.45) is 1.75. The van der Waals surface area contributed by atoms with E-state index < -0.39 is 17.8 Å². The van der Waals surface area contributed by atoms with Gasteiger partial charge in [0.25, 0.3) is 5.56 Å². The van der Waals surface area contributed by atoms with Crippen LogP contribution < -0.4 is 24.4 Å². The van der Waals surface area contributed by atoms with E-state index in [0.717, 1.165) is 16.3 Å². The third-order valence-electron chi connectivity index (χ3n) is 7.50. The second-order valence-corrected chi connectivity index (χ2v) is 12.2. The molecule has 1 aliphatic rings. The monoisotopic (exact) mass is 686 g/mol. The van der Waals surface area contributed by atoms with Gasteiger partial charge in [-0.15, -0.1) is 0 Å². The Hall–Kier alpha value is -4.54. The maximum Gasteiger partial charge on any atom is 0.338 e. The quantitative estimate of drug-likeness (QED) is 0.176. The highest BCUT2D eigenvalue weighted by Gasteiger charge is 2.33. The number of esters is 1. The molecule has 0 fully saturated rings. The minimum Gasteiger partial charge on any atom is -0.493 e. The number of hydrogen-bond acceptors (Lipinski definition) is 7. The molecular formula is C35H28BrFN2O5S. The second kappa shape index (κ2) is 12.8. The zero-order valence-electron chi connectivity index (χ0n) is 24.7. The molecule has 228 valence electrons. The SMILES string of the molecule is CCOC(=O)C1=C(C)N=c2s/c(=C\c3cc(Br)c(OCc4cccc5ccccc45)c(OC)c3)c(=O)n2[C@H]1c1ccc(F)cc1. The van der Waals surface area contributed by atoms with Crippen molar-refractivity contribution in [2.24, 2.45) is 4.99 Å². The molecule has 45 heavy (non-hydrogen) atoms. The van der Waals surface area contributed by atoms with E-state index in [9.17, 15) is 14.0 Å². The lowest BCUT2D eigenvalue weighted by atomic mass is 9.96. The highest BCUT2D eigenvalue weighted by Crippen LogP contribution is 2.38. The molecule has 0 unspecified atom stereocenters. The van der Waals surface area contributed by atoms with E-state index >= 15 is 0 Å². The van der Waals surface area contributed by atoms with Crippen molar-refractivity contribution in [3.8, 4) is 11.5 Å². The Bertz CT molecular complexity index is 2150. The molecule has 2 heterocycles. The Labute approximate surface area is 270 Å². The largest absolute Gasteiger partial charge is 0.493 e. The van der Waals surface area contributed by atoms with Crippen LogP contribution in [0.15, 0.2) is 104 Å². The van der Waals surface area contributed by atoms with Gasteiger partial charge in [0.15, 0.2) is 16.3 Å². The topological polar surface area (TPSA) is 79.1 Å². The van der Waals surface area contributed by atoms with Crippen LogP contribution in [0.1, 0.15) is 36.6 Å². The number of methoxy groups -OCH3 is 1. The first-order valence-corrected chi connectivity index (χ1v) is 15.8. The molecule has 0 N–H and O–H groups in total. The van der Waals surface area contributed by atoms with Gasteiger partial charge in [-0.25, -0.2) is 14.2 Å². The normalized spacial score (nSPS) is 14.7. The predicted molar refractivity (Wildman–Crippen MR) is 176 cm³/mol. The summed E-state index contributed by atoms with van der Waals surface area (Å²) in [7, 11) is 1.56. The third kappa shape index (κ3) is 5.95. The number of hydrogen-bond donors (Lipinski definition) is 0. The van der Waals surface area contributed by atoms with Gasteiger partial charge in [0.1, 0.15) is 12.4 Å². The lowest BCUT2D eigenvalue weighted by molar-refractivity contribution is -0.139. The number of carbonyl (C=O) groups is 1. The Balaban J connectivity index is 1.39.